The maximum Gasteiger partial charge on any atom is 0.419 e. The maximum absolute atomic E-state index is 14.6. The van der Waals surface area contributed by atoms with Crippen molar-refractivity contribution in [1.29, 1.82) is 0 Å². The molecule has 0 amide bonds. The van der Waals surface area contributed by atoms with Crippen molar-refractivity contribution in [1.82, 2.24) is 9.97 Å². The van der Waals surface area contributed by atoms with E-state index in [1.807, 2.05) is 19.1 Å². The molecule has 7 nitrogen and oxygen atoms in total. The number of halogens is 3. The maximum atomic E-state index is 14.6. The van der Waals surface area contributed by atoms with Crippen molar-refractivity contribution >= 4 is 5.78 Å². The molecule has 2 saturated carbocycles. The van der Waals surface area contributed by atoms with Gasteiger partial charge in [-0.1, -0.05) is 32.9 Å². The van der Waals surface area contributed by atoms with Crippen LogP contribution in [0.3, 0.4) is 0 Å². The van der Waals surface area contributed by atoms with Crippen LogP contribution in [-0.4, -0.2) is 51.1 Å². The minimum atomic E-state index is -4.60. The molecule has 0 aromatic carbocycles. The lowest BCUT2D eigenvalue weighted by molar-refractivity contribution is -0.301. The monoisotopic (exact) mass is 534 g/mol. The van der Waals surface area contributed by atoms with Gasteiger partial charge in [-0.15, -0.1) is 0 Å². The Bertz CT molecular complexity index is 1260. The molecule has 3 fully saturated rings. The molecular formula is C28H33F3N2O5. The first-order valence-corrected chi connectivity index (χ1v) is 13.1. The van der Waals surface area contributed by atoms with Gasteiger partial charge in [0.15, 0.2) is 23.3 Å². The molecule has 1 aromatic heterocycles. The van der Waals surface area contributed by atoms with Crippen molar-refractivity contribution in [2.45, 2.75) is 77.7 Å². The predicted octanol–water partition coefficient (Wildman–Crippen LogP) is 4.51. The molecule has 1 saturated heterocycles. The van der Waals surface area contributed by atoms with Crippen molar-refractivity contribution in [3.8, 4) is 6.01 Å². The van der Waals surface area contributed by atoms with Crippen molar-refractivity contribution in [2.24, 2.45) is 34.5 Å². The van der Waals surface area contributed by atoms with E-state index >= 15 is 0 Å². The van der Waals surface area contributed by atoms with E-state index in [9.17, 15) is 23.1 Å². The summed E-state index contributed by atoms with van der Waals surface area (Å²) < 4.78 is 57.7. The highest BCUT2D eigenvalue weighted by Gasteiger charge is 2.77. The fraction of sp³-hybridized carbons (Fsp3) is 0.679. The molecule has 0 radical (unpaired) electrons. The van der Waals surface area contributed by atoms with Gasteiger partial charge in [0, 0.05) is 18.3 Å². The molecule has 1 N–H and O–H groups in total. The van der Waals surface area contributed by atoms with Crippen LogP contribution in [0.5, 0.6) is 6.01 Å². The number of carbonyl (C=O) groups excluding carboxylic acids is 1. The van der Waals surface area contributed by atoms with E-state index in [4.69, 9.17) is 14.2 Å². The number of nitrogens with zero attached hydrogens (tertiary/aromatic N) is 2. The van der Waals surface area contributed by atoms with Crippen LogP contribution in [0.25, 0.3) is 0 Å². The third-order valence-electron chi connectivity index (χ3n) is 9.85. The highest BCUT2D eigenvalue weighted by atomic mass is 19.4. The summed E-state index contributed by atoms with van der Waals surface area (Å²) in [5.74, 6) is -1.35. The molecule has 206 valence electrons. The van der Waals surface area contributed by atoms with Crippen LogP contribution >= 0.6 is 0 Å². The van der Waals surface area contributed by atoms with Crippen LogP contribution in [0.15, 0.2) is 35.7 Å². The van der Waals surface area contributed by atoms with Gasteiger partial charge >= 0.3 is 12.2 Å². The fourth-order valence-electron chi connectivity index (χ4n) is 7.93. The van der Waals surface area contributed by atoms with Gasteiger partial charge in [-0.2, -0.15) is 13.2 Å². The number of ketones is 1. The molecule has 2 bridgehead atoms. The first kappa shape index (κ1) is 26.0. The van der Waals surface area contributed by atoms with E-state index in [2.05, 4.69) is 23.8 Å². The standard InChI is InChI=1S/C28H33F3N2O5/c1-13-9-26-14(2)7-18-19(24(18,3)4)17(20(26)34)8-15-12-36-25(5,6)38-22(15)27(26,35)21(13)37-23-32-10-16(11-33-23)28(29,30)31/h8-11,14,17-19,21-22,35H,7,12H2,1-6H3/t14-,17+,18-,19+,21+,22-,26?,27-/m1/s1. The number of rotatable bonds is 2. The molecule has 38 heavy (non-hydrogen) atoms. The lowest BCUT2D eigenvalue weighted by Crippen LogP contribution is -2.68. The highest BCUT2D eigenvalue weighted by Crippen LogP contribution is 2.72. The second kappa shape index (κ2) is 7.67. The molecule has 1 aliphatic heterocycles. The van der Waals surface area contributed by atoms with Gasteiger partial charge in [0.2, 0.25) is 0 Å². The van der Waals surface area contributed by atoms with Crippen LogP contribution in [0.4, 0.5) is 13.2 Å². The molecule has 6 rings (SSSR count). The number of hydrogen-bond acceptors (Lipinski definition) is 7. The van der Waals surface area contributed by atoms with E-state index in [0.717, 1.165) is 6.42 Å². The van der Waals surface area contributed by atoms with Crippen LogP contribution in [-0.2, 0) is 20.4 Å². The molecule has 4 aliphatic carbocycles. The minimum Gasteiger partial charge on any atom is -0.452 e. The summed E-state index contributed by atoms with van der Waals surface area (Å²) in [6, 6.07) is -0.323. The second-order valence-corrected chi connectivity index (χ2v) is 12.7. The summed E-state index contributed by atoms with van der Waals surface area (Å²) in [5.41, 5.74) is -3.00. The SMILES string of the molecule is CC1=CC23C(=O)[C@@H](C=C4COC(C)(C)O[C@H]4[C@]2(O)[C@H]1Oc1ncc(C(F)(F)F)cn1)[C@H]1[C@@H](C[C@H]3C)C1(C)C. The number of fused-ring (bicyclic) bond motifs is 5. The molecule has 8 atom stereocenters. The largest absolute Gasteiger partial charge is 0.452 e. The van der Waals surface area contributed by atoms with Gasteiger partial charge in [-0.25, -0.2) is 9.97 Å². The van der Waals surface area contributed by atoms with Crippen molar-refractivity contribution in [3.05, 3.63) is 41.3 Å². The Labute approximate surface area is 219 Å². The zero-order chi connectivity index (χ0) is 27.6. The van der Waals surface area contributed by atoms with Gasteiger partial charge in [-0.3, -0.25) is 4.79 Å². The Morgan fingerprint density at radius 2 is 1.82 bits per heavy atom. The molecule has 2 heterocycles. The first-order valence-electron chi connectivity index (χ1n) is 13.1. The molecule has 1 aromatic rings. The first-order chi connectivity index (χ1) is 17.5. The van der Waals surface area contributed by atoms with Gasteiger partial charge in [0.05, 0.1) is 17.6 Å². The minimum absolute atomic E-state index is 0.0117. The summed E-state index contributed by atoms with van der Waals surface area (Å²) in [4.78, 5) is 22.2. The Balaban J connectivity index is 1.50. The lowest BCUT2D eigenvalue weighted by Gasteiger charge is -2.52. The van der Waals surface area contributed by atoms with E-state index in [-0.39, 0.29) is 35.7 Å². The Hall–Kier alpha value is -2.30. The molecule has 1 unspecified atom stereocenters. The van der Waals surface area contributed by atoms with Gasteiger partial charge in [0.1, 0.15) is 6.10 Å². The smallest absolute Gasteiger partial charge is 0.419 e. The van der Waals surface area contributed by atoms with Crippen molar-refractivity contribution < 1.29 is 37.3 Å². The number of ether oxygens (including phenoxy) is 3. The number of allylic oxidation sites excluding steroid dienone is 1. The summed E-state index contributed by atoms with van der Waals surface area (Å²) in [7, 11) is 0. The van der Waals surface area contributed by atoms with Crippen LogP contribution in [0, 0.1) is 34.5 Å². The molecular weight excluding hydrogens is 501 g/mol. The second-order valence-electron chi connectivity index (χ2n) is 12.7. The number of alkyl halides is 3. The van der Waals surface area contributed by atoms with E-state index in [0.29, 0.717) is 29.5 Å². The Kier molecular flexibility index (Phi) is 5.23. The van der Waals surface area contributed by atoms with E-state index in [1.165, 1.54) is 0 Å². The Morgan fingerprint density at radius 3 is 2.45 bits per heavy atom. The van der Waals surface area contributed by atoms with Gasteiger partial charge < -0.3 is 19.3 Å². The molecule has 10 heteroatoms. The summed E-state index contributed by atoms with van der Waals surface area (Å²) in [5, 5.41) is 12.9. The van der Waals surface area contributed by atoms with E-state index in [1.54, 1.807) is 20.8 Å². The average molecular weight is 535 g/mol. The number of aromatic nitrogens is 2. The predicted molar refractivity (Wildman–Crippen MR) is 129 cm³/mol. The quantitative estimate of drug-likeness (QED) is 0.559. The number of hydrogen-bond donors (Lipinski definition) is 1. The normalized spacial score (nSPS) is 42.5. The van der Waals surface area contributed by atoms with Crippen molar-refractivity contribution in [2.75, 3.05) is 6.61 Å². The number of Topliss-reactive ketones (excluding diaryl/α,β-unsaturated/α-hetero) is 1. The van der Waals surface area contributed by atoms with E-state index < -0.39 is 46.7 Å². The molecule has 1 spiro atoms. The Morgan fingerprint density at radius 1 is 1.16 bits per heavy atom. The molecule has 5 aliphatic rings. The van der Waals surface area contributed by atoms with Crippen LogP contribution < -0.4 is 4.74 Å². The van der Waals surface area contributed by atoms with Crippen LogP contribution in [0.1, 0.15) is 53.5 Å². The highest BCUT2D eigenvalue weighted by molar-refractivity contribution is 5.95. The topological polar surface area (TPSA) is 90.8 Å². The third kappa shape index (κ3) is 3.29. The van der Waals surface area contributed by atoms with Crippen molar-refractivity contribution in [3.63, 3.8) is 0 Å². The number of aliphatic hydroxyl groups is 1. The zero-order valence-electron chi connectivity index (χ0n) is 22.3. The lowest BCUT2D eigenvalue weighted by atomic mass is 9.59. The van der Waals surface area contributed by atoms with Gasteiger partial charge in [-0.05, 0) is 61.5 Å². The van der Waals surface area contributed by atoms with Crippen LogP contribution in [0.2, 0.25) is 0 Å². The fourth-order valence-corrected chi connectivity index (χ4v) is 7.93. The zero-order valence-corrected chi connectivity index (χ0v) is 22.3. The summed E-state index contributed by atoms with van der Waals surface area (Å²) in [6.45, 7) is 11.8. The third-order valence-corrected chi connectivity index (χ3v) is 9.85. The van der Waals surface area contributed by atoms with Gasteiger partial charge in [0.25, 0.3) is 0 Å². The summed E-state index contributed by atoms with van der Waals surface area (Å²) in [6.07, 6.45) is -0.879. The average Bonchev–Trinajstić information content (AvgIpc) is 3.31. The number of carbonyl (C=O) groups is 1. The summed E-state index contributed by atoms with van der Waals surface area (Å²) >= 11 is 0.